The molecule has 0 bridgehead atoms. The molecule has 6 heteroatoms. The van der Waals surface area contributed by atoms with Crippen molar-refractivity contribution >= 4 is 11.7 Å². The number of hydrazone groups is 2. The normalized spacial score (nSPS) is 13.4. The fourth-order valence-electron chi connectivity index (χ4n) is 2.02. The van der Waals surface area contributed by atoms with Gasteiger partial charge in [0.15, 0.2) is 11.7 Å². The van der Waals surface area contributed by atoms with Gasteiger partial charge in [0.25, 0.3) is 0 Å². The number of nitrogens with one attached hydrogen (secondary N) is 2. The third-order valence-electron chi connectivity index (χ3n) is 3.27. The molecule has 0 aromatic heterocycles. The Balaban J connectivity index is 1.72. The van der Waals surface area contributed by atoms with Gasteiger partial charge in [0.2, 0.25) is 0 Å². The average molecular weight is 296 g/mol. The zero-order valence-electron chi connectivity index (χ0n) is 12.3. The molecule has 112 valence electrons. The van der Waals surface area contributed by atoms with Crippen LogP contribution in [0.25, 0.3) is 0 Å². The molecule has 1 aliphatic heterocycles. The summed E-state index contributed by atoms with van der Waals surface area (Å²) in [4.78, 5) is 0. The van der Waals surface area contributed by atoms with Gasteiger partial charge in [-0.25, -0.2) is 0 Å². The first-order valence-electron chi connectivity index (χ1n) is 6.76. The van der Waals surface area contributed by atoms with E-state index in [2.05, 4.69) is 21.1 Å². The van der Waals surface area contributed by atoms with Crippen molar-refractivity contribution in [2.75, 3.05) is 14.2 Å². The second-order valence-electron chi connectivity index (χ2n) is 4.60. The lowest BCUT2D eigenvalue weighted by molar-refractivity contribution is 0.414. The molecule has 2 N–H and O–H groups in total. The molecule has 0 atom stereocenters. The molecule has 0 saturated carbocycles. The Kier molecular flexibility index (Phi) is 3.91. The number of hydrogen-bond donors (Lipinski definition) is 2. The van der Waals surface area contributed by atoms with Crippen LogP contribution in [-0.4, -0.2) is 25.9 Å². The van der Waals surface area contributed by atoms with Crippen molar-refractivity contribution in [1.82, 2.24) is 10.9 Å². The SMILES string of the molecule is COc1ccc(C2=NNC(c3ccc(OC)cc3)=NN2)cc1. The van der Waals surface area contributed by atoms with E-state index >= 15 is 0 Å². The van der Waals surface area contributed by atoms with E-state index in [1.165, 1.54) is 0 Å². The zero-order valence-corrected chi connectivity index (χ0v) is 12.3. The fraction of sp³-hybridized carbons (Fsp3) is 0.125. The molecule has 0 saturated heterocycles. The average Bonchev–Trinajstić information content (AvgIpc) is 2.62. The van der Waals surface area contributed by atoms with Gasteiger partial charge in [-0.05, 0) is 48.5 Å². The quantitative estimate of drug-likeness (QED) is 0.904. The third kappa shape index (κ3) is 2.85. The van der Waals surface area contributed by atoms with Crippen molar-refractivity contribution in [3.8, 4) is 11.5 Å². The summed E-state index contributed by atoms with van der Waals surface area (Å²) < 4.78 is 10.3. The van der Waals surface area contributed by atoms with E-state index in [0.29, 0.717) is 11.7 Å². The van der Waals surface area contributed by atoms with Crippen molar-refractivity contribution in [3.05, 3.63) is 59.7 Å². The molecule has 2 aromatic rings. The largest absolute Gasteiger partial charge is 0.497 e. The maximum Gasteiger partial charge on any atom is 0.173 e. The van der Waals surface area contributed by atoms with Crippen LogP contribution in [-0.2, 0) is 0 Å². The van der Waals surface area contributed by atoms with Gasteiger partial charge in [-0.2, -0.15) is 10.2 Å². The van der Waals surface area contributed by atoms with Gasteiger partial charge in [-0.15, -0.1) is 0 Å². The third-order valence-corrected chi connectivity index (χ3v) is 3.27. The molecule has 3 rings (SSSR count). The summed E-state index contributed by atoms with van der Waals surface area (Å²) in [7, 11) is 3.27. The number of amidine groups is 2. The molecular formula is C16H16N4O2. The number of ether oxygens (including phenoxy) is 2. The molecule has 1 heterocycles. The molecule has 2 aromatic carbocycles. The minimum absolute atomic E-state index is 0.653. The number of nitrogens with zero attached hydrogens (tertiary/aromatic N) is 2. The lowest BCUT2D eigenvalue weighted by Gasteiger charge is -2.15. The van der Waals surface area contributed by atoms with E-state index in [1.807, 2.05) is 48.5 Å². The smallest absolute Gasteiger partial charge is 0.173 e. The van der Waals surface area contributed by atoms with E-state index in [0.717, 1.165) is 22.6 Å². The van der Waals surface area contributed by atoms with Crippen LogP contribution in [0, 0.1) is 0 Å². The highest BCUT2D eigenvalue weighted by Gasteiger charge is 2.11. The summed E-state index contributed by atoms with van der Waals surface area (Å²) in [6.07, 6.45) is 0. The molecule has 0 spiro atoms. The van der Waals surface area contributed by atoms with Crippen molar-refractivity contribution in [1.29, 1.82) is 0 Å². The van der Waals surface area contributed by atoms with Crippen molar-refractivity contribution in [2.45, 2.75) is 0 Å². The van der Waals surface area contributed by atoms with Crippen LogP contribution in [0.4, 0.5) is 0 Å². The van der Waals surface area contributed by atoms with Crippen molar-refractivity contribution in [2.24, 2.45) is 10.2 Å². The molecule has 0 fully saturated rings. The standard InChI is InChI=1S/C16H16N4O2/c1-21-13-7-3-11(4-8-13)15-17-19-16(20-18-15)12-5-9-14(22-2)10-6-12/h3-10H,1-2H3,(H,17,18)(H,19,20). The Morgan fingerprint density at radius 2 is 1.00 bits per heavy atom. The van der Waals surface area contributed by atoms with Crippen molar-refractivity contribution in [3.63, 3.8) is 0 Å². The second kappa shape index (κ2) is 6.17. The van der Waals surface area contributed by atoms with E-state index < -0.39 is 0 Å². The molecule has 6 nitrogen and oxygen atoms in total. The second-order valence-corrected chi connectivity index (χ2v) is 4.60. The maximum absolute atomic E-state index is 5.14. The van der Waals surface area contributed by atoms with Crippen LogP contribution in [0.5, 0.6) is 11.5 Å². The highest BCUT2D eigenvalue weighted by Crippen LogP contribution is 2.14. The Morgan fingerprint density at radius 3 is 1.27 bits per heavy atom. The van der Waals surface area contributed by atoms with E-state index in [-0.39, 0.29) is 0 Å². The highest BCUT2D eigenvalue weighted by molar-refractivity contribution is 6.05. The lowest BCUT2D eigenvalue weighted by atomic mass is 10.2. The summed E-state index contributed by atoms with van der Waals surface area (Å²) in [5, 5.41) is 8.62. The molecule has 1 aliphatic rings. The van der Waals surface area contributed by atoms with Gasteiger partial charge in [0, 0.05) is 11.1 Å². The monoisotopic (exact) mass is 296 g/mol. The fourth-order valence-corrected chi connectivity index (χ4v) is 2.02. The molecule has 0 unspecified atom stereocenters. The van der Waals surface area contributed by atoms with Crippen LogP contribution in [0.1, 0.15) is 11.1 Å². The first kappa shape index (κ1) is 13.9. The first-order valence-corrected chi connectivity index (χ1v) is 6.76. The van der Waals surface area contributed by atoms with Crippen LogP contribution in [0.2, 0.25) is 0 Å². The number of benzene rings is 2. The van der Waals surface area contributed by atoms with E-state index in [9.17, 15) is 0 Å². The molecule has 0 radical (unpaired) electrons. The summed E-state index contributed by atoms with van der Waals surface area (Å²) >= 11 is 0. The Labute approximate surface area is 128 Å². The Hall–Kier alpha value is -3.02. The van der Waals surface area contributed by atoms with Crippen molar-refractivity contribution < 1.29 is 9.47 Å². The number of rotatable bonds is 4. The summed E-state index contributed by atoms with van der Waals surface area (Å²) in [6, 6.07) is 15.2. The predicted octanol–water partition coefficient (Wildman–Crippen LogP) is 1.92. The van der Waals surface area contributed by atoms with Gasteiger partial charge >= 0.3 is 0 Å². The van der Waals surface area contributed by atoms with E-state index in [4.69, 9.17) is 9.47 Å². The molecule has 0 amide bonds. The number of methoxy groups -OCH3 is 2. The lowest BCUT2D eigenvalue weighted by Crippen LogP contribution is -2.34. The van der Waals surface area contributed by atoms with Gasteiger partial charge in [-0.1, -0.05) is 0 Å². The predicted molar refractivity (Wildman–Crippen MR) is 85.3 cm³/mol. The van der Waals surface area contributed by atoms with Crippen LogP contribution < -0.4 is 20.3 Å². The Bertz CT molecular complexity index is 642. The maximum atomic E-state index is 5.14. The van der Waals surface area contributed by atoms with Gasteiger partial charge in [-0.3, -0.25) is 10.9 Å². The number of hydrogen-bond acceptors (Lipinski definition) is 6. The first-order chi connectivity index (χ1) is 10.8. The van der Waals surface area contributed by atoms with E-state index in [1.54, 1.807) is 14.2 Å². The summed E-state index contributed by atoms with van der Waals surface area (Å²) in [5.74, 6) is 2.91. The summed E-state index contributed by atoms with van der Waals surface area (Å²) in [5.41, 5.74) is 7.75. The van der Waals surface area contributed by atoms with Crippen LogP contribution >= 0.6 is 0 Å². The molecule has 0 aliphatic carbocycles. The van der Waals surface area contributed by atoms with Gasteiger partial charge in [0.05, 0.1) is 14.2 Å². The zero-order chi connectivity index (χ0) is 15.4. The van der Waals surface area contributed by atoms with Gasteiger partial charge in [0.1, 0.15) is 11.5 Å². The Morgan fingerprint density at radius 1 is 0.636 bits per heavy atom. The summed E-state index contributed by atoms with van der Waals surface area (Å²) in [6.45, 7) is 0. The van der Waals surface area contributed by atoms with Crippen LogP contribution in [0.3, 0.4) is 0 Å². The molecular weight excluding hydrogens is 280 g/mol. The van der Waals surface area contributed by atoms with Crippen LogP contribution in [0.15, 0.2) is 58.7 Å². The minimum Gasteiger partial charge on any atom is -0.497 e. The topological polar surface area (TPSA) is 67.2 Å². The van der Waals surface area contributed by atoms with Gasteiger partial charge < -0.3 is 9.47 Å². The highest BCUT2D eigenvalue weighted by atomic mass is 16.5. The minimum atomic E-state index is 0.653. The molecule has 22 heavy (non-hydrogen) atoms.